The molecule has 0 atom stereocenters. The highest BCUT2D eigenvalue weighted by molar-refractivity contribution is 5.66. The van der Waals surface area contributed by atoms with Crippen molar-refractivity contribution in [2.45, 2.75) is 13.8 Å². The molecule has 1 aromatic rings. The molecule has 0 N–H and O–H groups in total. The van der Waals surface area contributed by atoms with Crippen molar-refractivity contribution < 1.29 is 9.47 Å². The van der Waals surface area contributed by atoms with Gasteiger partial charge < -0.3 is 9.47 Å². The first-order chi connectivity index (χ1) is 7.62. The van der Waals surface area contributed by atoms with E-state index in [2.05, 4.69) is 12.1 Å². The summed E-state index contributed by atoms with van der Waals surface area (Å²) < 4.78 is 10.3. The lowest BCUT2D eigenvalue weighted by Crippen LogP contribution is -2.02. The average Bonchev–Trinajstić information content (AvgIpc) is 2.30. The highest BCUT2D eigenvalue weighted by Gasteiger charge is 2.20. The lowest BCUT2D eigenvalue weighted by atomic mass is 9.98. The first kappa shape index (κ1) is 11.9. The highest BCUT2D eigenvalue weighted by atomic mass is 16.5. The zero-order valence-corrected chi connectivity index (χ0v) is 9.71. The Balaban J connectivity index is 3.78. The van der Waals surface area contributed by atoms with Crippen molar-refractivity contribution in [1.29, 1.82) is 10.5 Å². The minimum atomic E-state index is 0.413. The van der Waals surface area contributed by atoms with Crippen LogP contribution in [-0.4, -0.2) is 14.2 Å². The molecule has 82 valence electrons. The lowest BCUT2D eigenvalue weighted by molar-refractivity contribution is 0.395. The number of rotatable bonds is 2. The minimum Gasteiger partial charge on any atom is -0.495 e. The molecule has 0 aliphatic heterocycles. The molecule has 0 heterocycles. The Morgan fingerprint density at radius 3 is 1.31 bits per heavy atom. The summed E-state index contributed by atoms with van der Waals surface area (Å²) in [5.41, 5.74) is 2.08. The zero-order valence-electron chi connectivity index (χ0n) is 9.71. The van der Waals surface area contributed by atoms with E-state index in [0.717, 1.165) is 0 Å². The molecule has 0 aliphatic carbocycles. The first-order valence-corrected chi connectivity index (χ1v) is 4.67. The smallest absolute Gasteiger partial charge is 0.141 e. The SMILES string of the molecule is COc1c(C)c(C#N)c(OC)c(C)c1C#N. The zero-order chi connectivity index (χ0) is 12.3. The van der Waals surface area contributed by atoms with Gasteiger partial charge in [-0.2, -0.15) is 10.5 Å². The van der Waals surface area contributed by atoms with Crippen LogP contribution in [0.2, 0.25) is 0 Å². The van der Waals surface area contributed by atoms with Gasteiger partial charge in [-0.05, 0) is 13.8 Å². The van der Waals surface area contributed by atoms with Crippen molar-refractivity contribution >= 4 is 0 Å². The van der Waals surface area contributed by atoms with E-state index in [9.17, 15) is 0 Å². The van der Waals surface area contributed by atoms with Gasteiger partial charge in [0.1, 0.15) is 34.8 Å². The van der Waals surface area contributed by atoms with Crippen LogP contribution >= 0.6 is 0 Å². The minimum absolute atomic E-state index is 0.413. The molecule has 4 nitrogen and oxygen atoms in total. The normalized spacial score (nSPS) is 9.12. The number of nitrogens with zero attached hydrogens (tertiary/aromatic N) is 2. The summed E-state index contributed by atoms with van der Waals surface area (Å²) in [6.45, 7) is 3.47. The summed E-state index contributed by atoms with van der Waals surface area (Å²) in [5.74, 6) is 0.884. The Morgan fingerprint density at radius 2 is 1.12 bits per heavy atom. The van der Waals surface area contributed by atoms with E-state index < -0.39 is 0 Å². The molecule has 0 aliphatic rings. The Labute approximate surface area is 94.6 Å². The third-order valence-electron chi connectivity index (χ3n) is 2.52. The van der Waals surface area contributed by atoms with E-state index in [1.165, 1.54) is 14.2 Å². The van der Waals surface area contributed by atoms with Crippen molar-refractivity contribution in [1.82, 2.24) is 0 Å². The van der Waals surface area contributed by atoms with Gasteiger partial charge in [-0.3, -0.25) is 0 Å². The van der Waals surface area contributed by atoms with Crippen LogP contribution in [0.5, 0.6) is 11.5 Å². The summed E-state index contributed by atoms with van der Waals surface area (Å²) in [7, 11) is 2.96. The van der Waals surface area contributed by atoms with Gasteiger partial charge in [0.05, 0.1) is 14.2 Å². The lowest BCUT2D eigenvalue weighted by Gasteiger charge is -2.15. The molecule has 16 heavy (non-hydrogen) atoms. The van der Waals surface area contributed by atoms with Crippen molar-refractivity contribution in [3.8, 4) is 23.6 Å². The van der Waals surface area contributed by atoms with Gasteiger partial charge in [-0.25, -0.2) is 0 Å². The van der Waals surface area contributed by atoms with Crippen LogP contribution in [0.1, 0.15) is 22.3 Å². The van der Waals surface area contributed by atoms with Crippen LogP contribution in [0.3, 0.4) is 0 Å². The Kier molecular flexibility index (Phi) is 3.37. The van der Waals surface area contributed by atoms with Gasteiger partial charge in [0.2, 0.25) is 0 Å². The van der Waals surface area contributed by atoms with Gasteiger partial charge in [-0.15, -0.1) is 0 Å². The quantitative estimate of drug-likeness (QED) is 0.758. The molecular formula is C12H12N2O2. The predicted molar refractivity (Wildman–Crippen MR) is 58.5 cm³/mol. The number of methoxy groups -OCH3 is 2. The molecular weight excluding hydrogens is 204 g/mol. The topological polar surface area (TPSA) is 66.0 Å². The third kappa shape index (κ3) is 1.55. The van der Waals surface area contributed by atoms with Gasteiger partial charge in [-0.1, -0.05) is 0 Å². The second kappa shape index (κ2) is 4.55. The maximum absolute atomic E-state index is 9.07. The second-order valence-corrected chi connectivity index (χ2v) is 3.29. The van der Waals surface area contributed by atoms with Crippen LogP contribution in [0.25, 0.3) is 0 Å². The van der Waals surface area contributed by atoms with Crippen molar-refractivity contribution in [2.75, 3.05) is 14.2 Å². The van der Waals surface area contributed by atoms with Crippen LogP contribution in [0.15, 0.2) is 0 Å². The molecule has 1 aromatic carbocycles. The molecule has 0 amide bonds. The second-order valence-electron chi connectivity index (χ2n) is 3.29. The number of nitriles is 2. The van der Waals surface area contributed by atoms with Crippen LogP contribution in [0, 0.1) is 36.5 Å². The standard InChI is InChI=1S/C12H12N2O2/c1-7-9(5-13)12(16-4)8(2)10(6-14)11(7)15-3/h1-4H3. The molecule has 1 rings (SSSR count). The Hall–Kier alpha value is -2.20. The summed E-state index contributed by atoms with van der Waals surface area (Å²) in [4.78, 5) is 0. The first-order valence-electron chi connectivity index (χ1n) is 4.67. The molecule has 0 radical (unpaired) electrons. The van der Waals surface area contributed by atoms with E-state index in [1.807, 2.05) is 0 Å². The fraction of sp³-hybridized carbons (Fsp3) is 0.333. The highest BCUT2D eigenvalue weighted by Crippen LogP contribution is 2.36. The van der Waals surface area contributed by atoms with Crippen LogP contribution in [0.4, 0.5) is 0 Å². The van der Waals surface area contributed by atoms with Crippen molar-refractivity contribution in [3.63, 3.8) is 0 Å². The van der Waals surface area contributed by atoms with Crippen molar-refractivity contribution in [2.24, 2.45) is 0 Å². The predicted octanol–water partition coefficient (Wildman–Crippen LogP) is 2.06. The summed E-state index contributed by atoms with van der Waals surface area (Å²) >= 11 is 0. The van der Waals surface area contributed by atoms with E-state index in [1.54, 1.807) is 13.8 Å². The molecule has 0 unspecified atom stereocenters. The van der Waals surface area contributed by atoms with Crippen LogP contribution < -0.4 is 9.47 Å². The fourth-order valence-corrected chi connectivity index (χ4v) is 1.72. The molecule has 0 spiro atoms. The largest absolute Gasteiger partial charge is 0.495 e. The van der Waals surface area contributed by atoms with E-state index in [-0.39, 0.29) is 0 Å². The monoisotopic (exact) mass is 216 g/mol. The summed E-state index contributed by atoms with van der Waals surface area (Å²) in [6, 6.07) is 4.13. The number of hydrogen-bond donors (Lipinski definition) is 0. The fourth-order valence-electron chi connectivity index (χ4n) is 1.72. The molecule has 0 saturated carbocycles. The Morgan fingerprint density at radius 1 is 0.812 bits per heavy atom. The van der Waals surface area contributed by atoms with Crippen LogP contribution in [-0.2, 0) is 0 Å². The van der Waals surface area contributed by atoms with Gasteiger partial charge in [0.15, 0.2) is 0 Å². The maximum atomic E-state index is 9.07. The van der Waals surface area contributed by atoms with Gasteiger partial charge in [0.25, 0.3) is 0 Å². The maximum Gasteiger partial charge on any atom is 0.141 e. The average molecular weight is 216 g/mol. The molecule has 4 heteroatoms. The summed E-state index contributed by atoms with van der Waals surface area (Å²) in [6.07, 6.45) is 0. The van der Waals surface area contributed by atoms with Gasteiger partial charge in [0, 0.05) is 11.1 Å². The molecule has 0 saturated heterocycles. The Bertz CT molecular complexity index is 460. The molecule has 0 aromatic heterocycles. The van der Waals surface area contributed by atoms with E-state index >= 15 is 0 Å². The third-order valence-corrected chi connectivity index (χ3v) is 2.52. The van der Waals surface area contributed by atoms with Crippen molar-refractivity contribution in [3.05, 3.63) is 22.3 Å². The summed E-state index contributed by atoms with van der Waals surface area (Å²) in [5, 5.41) is 18.1. The number of benzene rings is 1. The molecule has 0 fully saturated rings. The van der Waals surface area contributed by atoms with Gasteiger partial charge >= 0.3 is 0 Å². The van der Waals surface area contributed by atoms with E-state index in [4.69, 9.17) is 20.0 Å². The molecule has 0 bridgehead atoms. The number of ether oxygens (including phenoxy) is 2. The van der Waals surface area contributed by atoms with E-state index in [0.29, 0.717) is 33.8 Å². The number of hydrogen-bond acceptors (Lipinski definition) is 4.